The minimum atomic E-state index is 0.855. The molecule has 30 heavy (non-hydrogen) atoms. The zero-order valence-electron chi connectivity index (χ0n) is 18.4. The largest absolute Gasteiger partial charge is 0.135 e. The molecule has 1 saturated carbocycles. The van der Waals surface area contributed by atoms with Crippen LogP contribution in [-0.4, -0.2) is 5.25 Å². The highest BCUT2D eigenvalue weighted by molar-refractivity contribution is 8.00. The number of hydrogen-bond acceptors (Lipinski definition) is 2. The Labute approximate surface area is 188 Å². The van der Waals surface area contributed by atoms with Crippen molar-refractivity contribution in [1.29, 1.82) is 0 Å². The number of benzene rings is 3. The maximum Gasteiger partial charge on any atom is 0.0384 e. The molecule has 0 nitrogen and oxygen atoms in total. The summed E-state index contributed by atoms with van der Waals surface area (Å²) >= 11 is 4.07. The number of hydrogen-bond donors (Lipinski definition) is 0. The van der Waals surface area contributed by atoms with Gasteiger partial charge in [-0.05, 0) is 67.7 Å². The summed E-state index contributed by atoms with van der Waals surface area (Å²) in [5.41, 5.74) is 5.90. The Morgan fingerprint density at radius 3 is 2.00 bits per heavy atom. The topological polar surface area (TPSA) is 0 Å². The van der Waals surface area contributed by atoms with E-state index in [-0.39, 0.29) is 0 Å². The van der Waals surface area contributed by atoms with Gasteiger partial charge in [-0.2, -0.15) is 0 Å². The molecular formula is C28H30S2. The third kappa shape index (κ3) is 3.39. The van der Waals surface area contributed by atoms with Gasteiger partial charge in [0, 0.05) is 30.3 Å². The van der Waals surface area contributed by atoms with E-state index in [0.29, 0.717) is 0 Å². The first-order valence-corrected chi connectivity index (χ1v) is 12.9. The van der Waals surface area contributed by atoms with Crippen molar-refractivity contribution in [2.75, 3.05) is 0 Å². The fourth-order valence-corrected chi connectivity index (χ4v) is 8.22. The van der Waals surface area contributed by atoms with Crippen LogP contribution in [0.25, 0.3) is 20.2 Å². The molecule has 0 amide bonds. The lowest BCUT2D eigenvalue weighted by molar-refractivity contribution is 0.361. The van der Waals surface area contributed by atoms with Crippen molar-refractivity contribution in [3.8, 4) is 0 Å². The van der Waals surface area contributed by atoms with Crippen LogP contribution in [0.3, 0.4) is 0 Å². The van der Waals surface area contributed by atoms with Gasteiger partial charge in [-0.15, -0.1) is 23.1 Å². The van der Waals surface area contributed by atoms with E-state index in [1.165, 1.54) is 56.1 Å². The van der Waals surface area contributed by atoms with Gasteiger partial charge in [0.1, 0.15) is 0 Å². The van der Waals surface area contributed by atoms with Crippen LogP contribution < -0.4 is 0 Å². The molecule has 1 aliphatic carbocycles. The van der Waals surface area contributed by atoms with E-state index < -0.39 is 0 Å². The summed E-state index contributed by atoms with van der Waals surface area (Å²) in [7, 11) is 0. The average Bonchev–Trinajstić information content (AvgIpc) is 3.31. The molecule has 4 aromatic rings. The summed E-state index contributed by atoms with van der Waals surface area (Å²) in [5.74, 6) is 1.76. The van der Waals surface area contributed by atoms with Crippen molar-refractivity contribution in [2.24, 2.45) is 5.92 Å². The first kappa shape index (κ1) is 20.2. The number of fused-ring (bicyclic) bond motifs is 6. The molecule has 0 N–H and O–H groups in total. The smallest absolute Gasteiger partial charge is 0.0384 e. The van der Waals surface area contributed by atoms with Crippen LogP contribution >= 0.6 is 23.1 Å². The minimum absolute atomic E-state index is 0.855. The maximum absolute atomic E-state index is 2.44. The maximum atomic E-state index is 2.44. The Kier molecular flexibility index (Phi) is 5.41. The van der Waals surface area contributed by atoms with Gasteiger partial charge in [-0.25, -0.2) is 0 Å². The SMILES string of the molecule is Cc1cccc2c1SC1C(C)CCCC21.Cc1cccc2c1sc1c(C)cccc12. The Morgan fingerprint density at radius 1 is 0.733 bits per heavy atom. The van der Waals surface area contributed by atoms with Crippen LogP contribution in [0.2, 0.25) is 0 Å². The van der Waals surface area contributed by atoms with Crippen molar-refractivity contribution in [3.63, 3.8) is 0 Å². The monoisotopic (exact) mass is 430 g/mol. The molecule has 3 aromatic carbocycles. The Balaban J connectivity index is 0.000000128. The molecule has 3 unspecified atom stereocenters. The number of aryl methyl sites for hydroxylation is 3. The molecular weight excluding hydrogens is 400 g/mol. The molecule has 0 radical (unpaired) electrons. The van der Waals surface area contributed by atoms with Crippen LogP contribution in [0.4, 0.5) is 0 Å². The highest BCUT2D eigenvalue weighted by Crippen LogP contribution is 2.54. The molecule has 2 heterocycles. The van der Waals surface area contributed by atoms with Gasteiger partial charge in [0.05, 0.1) is 0 Å². The predicted molar refractivity (Wildman–Crippen MR) is 135 cm³/mol. The van der Waals surface area contributed by atoms with E-state index in [2.05, 4.69) is 94.1 Å². The fraction of sp³-hybridized carbons (Fsp3) is 0.357. The minimum Gasteiger partial charge on any atom is -0.135 e. The zero-order chi connectivity index (χ0) is 20.8. The number of thioether (sulfide) groups is 1. The summed E-state index contributed by atoms with van der Waals surface area (Å²) in [6, 6.07) is 20.0. The van der Waals surface area contributed by atoms with E-state index in [0.717, 1.165) is 17.1 Å². The quantitative estimate of drug-likeness (QED) is 0.268. The number of rotatable bonds is 0. The van der Waals surface area contributed by atoms with Gasteiger partial charge in [0.25, 0.3) is 0 Å². The van der Waals surface area contributed by atoms with Gasteiger partial charge in [0.2, 0.25) is 0 Å². The first-order chi connectivity index (χ1) is 14.5. The van der Waals surface area contributed by atoms with Crippen molar-refractivity contribution >= 4 is 43.3 Å². The van der Waals surface area contributed by atoms with Crippen LogP contribution in [0.1, 0.15) is 54.4 Å². The Bertz CT molecular complexity index is 1160. The standard InChI is InChI=1S/C14H18S.C14H12S/c2*1-9-5-3-7-11-12-8-4-6-10(2)14(12)15-13(9)11/h3,5,7,10,12,14H,4,6,8H2,1-2H3;3-8H,1-2H3. The second kappa shape index (κ2) is 8.05. The third-order valence-corrected chi connectivity index (χ3v) is 10.3. The van der Waals surface area contributed by atoms with Gasteiger partial charge in [0.15, 0.2) is 0 Å². The highest BCUT2D eigenvalue weighted by atomic mass is 32.2. The molecule has 2 heteroatoms. The molecule has 3 atom stereocenters. The lowest BCUT2D eigenvalue weighted by atomic mass is 9.78. The van der Waals surface area contributed by atoms with Crippen molar-refractivity contribution < 1.29 is 0 Å². The fourth-order valence-electron chi connectivity index (χ4n) is 5.28. The van der Waals surface area contributed by atoms with Gasteiger partial charge >= 0.3 is 0 Å². The van der Waals surface area contributed by atoms with Gasteiger partial charge in [-0.1, -0.05) is 67.9 Å². The van der Waals surface area contributed by atoms with E-state index in [9.17, 15) is 0 Å². The van der Waals surface area contributed by atoms with E-state index in [1.807, 2.05) is 11.3 Å². The summed E-state index contributed by atoms with van der Waals surface area (Å²) in [6.07, 6.45) is 4.27. The van der Waals surface area contributed by atoms with Crippen molar-refractivity contribution in [3.05, 3.63) is 76.9 Å². The average molecular weight is 431 g/mol. The second-order valence-corrected chi connectivity index (χ2v) is 11.3. The summed E-state index contributed by atoms with van der Waals surface area (Å²) in [4.78, 5) is 1.60. The van der Waals surface area contributed by atoms with Crippen LogP contribution in [0.15, 0.2) is 59.5 Å². The third-order valence-electron chi connectivity index (χ3n) is 6.95. The van der Waals surface area contributed by atoms with Crippen LogP contribution in [0, 0.1) is 26.7 Å². The molecule has 1 aliphatic heterocycles. The van der Waals surface area contributed by atoms with E-state index in [4.69, 9.17) is 0 Å². The molecule has 1 aromatic heterocycles. The first-order valence-electron chi connectivity index (χ1n) is 11.2. The lowest BCUT2D eigenvalue weighted by Gasteiger charge is -2.30. The van der Waals surface area contributed by atoms with Crippen molar-refractivity contribution in [2.45, 2.75) is 63.0 Å². The molecule has 0 bridgehead atoms. The summed E-state index contributed by atoms with van der Waals surface area (Å²) < 4.78 is 2.86. The highest BCUT2D eigenvalue weighted by Gasteiger charge is 2.39. The van der Waals surface area contributed by atoms with Gasteiger partial charge < -0.3 is 0 Å². The molecule has 0 spiro atoms. The molecule has 154 valence electrons. The van der Waals surface area contributed by atoms with E-state index in [1.54, 1.807) is 10.5 Å². The normalized spacial score (nSPS) is 22.5. The van der Waals surface area contributed by atoms with Crippen molar-refractivity contribution in [1.82, 2.24) is 0 Å². The molecule has 1 fully saturated rings. The molecule has 6 rings (SSSR count). The van der Waals surface area contributed by atoms with Crippen LogP contribution in [0.5, 0.6) is 0 Å². The van der Waals surface area contributed by atoms with E-state index >= 15 is 0 Å². The Hall–Kier alpha value is -1.77. The van der Waals surface area contributed by atoms with Crippen LogP contribution in [-0.2, 0) is 0 Å². The second-order valence-electron chi connectivity index (χ2n) is 9.10. The molecule has 2 aliphatic rings. The zero-order valence-corrected chi connectivity index (χ0v) is 20.0. The summed E-state index contributed by atoms with van der Waals surface area (Å²) in [5, 5.41) is 3.67. The summed E-state index contributed by atoms with van der Waals surface area (Å²) in [6.45, 7) is 9.07. The number of thiophene rings is 1. The molecule has 0 saturated heterocycles. The van der Waals surface area contributed by atoms with Gasteiger partial charge in [-0.3, -0.25) is 0 Å². The lowest BCUT2D eigenvalue weighted by Crippen LogP contribution is -2.23. The predicted octanol–water partition coefficient (Wildman–Crippen LogP) is 9.04. The Morgan fingerprint density at radius 2 is 1.33 bits per heavy atom.